The molecule has 0 unspecified atom stereocenters. The van der Waals surface area contributed by atoms with Crippen molar-refractivity contribution in [1.82, 2.24) is 4.98 Å². The first-order chi connectivity index (χ1) is 22.3. The van der Waals surface area contributed by atoms with Crippen molar-refractivity contribution in [3.05, 3.63) is 114 Å². The first kappa shape index (κ1) is 35.8. The number of pyridine rings is 1. The maximum atomic E-state index is 11.7. The Morgan fingerprint density at radius 2 is 1.49 bits per heavy atom. The van der Waals surface area contributed by atoms with Gasteiger partial charge in [-0.05, 0) is 72.8 Å². The molecule has 47 heavy (non-hydrogen) atoms. The molecular formula is C42H44IrNO3-. The van der Waals surface area contributed by atoms with Crippen LogP contribution < -0.4 is 0 Å². The molecule has 6 aromatic rings. The molecule has 0 aliphatic rings. The van der Waals surface area contributed by atoms with Crippen LogP contribution in [-0.2, 0) is 24.9 Å². The minimum atomic E-state index is 0. The van der Waals surface area contributed by atoms with Crippen LogP contribution in [0.1, 0.15) is 64.5 Å². The number of para-hydroxylation sites is 1. The normalized spacial score (nSPS) is 11.6. The minimum absolute atomic E-state index is 0. The standard InChI is InChI=1S/C29H20NO.C13H24O2.Ir/c1-18-8-7-17-30-29(18)21-11-5-10-20(19(21)2)22-12-6-13-24-23(22)15-16-27-28(24)25-9-3-4-14-26(25)31-27;1-5-10(6-2)12(14)9-13(15)11(7-3)8-4;/h3-10,12-17H,1-2H3;9-11,14H,5-8H2,1-4H3;/q-1;;/b;12-9-;. The Bertz CT molecular complexity index is 2010. The van der Waals surface area contributed by atoms with Crippen LogP contribution in [-0.4, -0.2) is 15.9 Å². The van der Waals surface area contributed by atoms with E-state index in [-0.39, 0.29) is 43.5 Å². The molecule has 2 heterocycles. The summed E-state index contributed by atoms with van der Waals surface area (Å²) >= 11 is 0. The summed E-state index contributed by atoms with van der Waals surface area (Å²) in [7, 11) is 0. The number of allylic oxidation sites excluding steroid dienone is 2. The average Bonchev–Trinajstić information content (AvgIpc) is 3.46. The SMILES string of the molecule is CCC(CC)C(=O)/C=C(\O)C(CC)CC.Cc1cccnc1-c1[c-]ccc(-c2cccc3c2ccc2oc4ccccc4c23)c1C.[Ir]. The number of ketones is 1. The molecule has 0 amide bonds. The van der Waals surface area contributed by atoms with E-state index in [1.165, 1.54) is 38.9 Å². The summed E-state index contributed by atoms with van der Waals surface area (Å²) in [6, 6.07) is 30.7. The summed E-state index contributed by atoms with van der Waals surface area (Å²) in [4.78, 5) is 16.3. The van der Waals surface area contributed by atoms with Gasteiger partial charge in [-0.3, -0.25) is 4.79 Å². The molecule has 6 rings (SSSR count). The maximum Gasteiger partial charge on any atom is 0.162 e. The molecule has 0 bridgehead atoms. The van der Waals surface area contributed by atoms with E-state index in [2.05, 4.69) is 79.5 Å². The molecule has 0 saturated carbocycles. The topological polar surface area (TPSA) is 63.3 Å². The van der Waals surface area contributed by atoms with Crippen molar-refractivity contribution in [3.8, 4) is 22.4 Å². The van der Waals surface area contributed by atoms with E-state index in [4.69, 9.17) is 4.42 Å². The largest absolute Gasteiger partial charge is 0.512 e. The van der Waals surface area contributed by atoms with Crippen molar-refractivity contribution >= 4 is 38.5 Å². The number of nitrogens with zero attached hydrogens (tertiary/aromatic N) is 1. The second-order valence-corrected chi connectivity index (χ2v) is 12.0. The third kappa shape index (κ3) is 7.43. The van der Waals surface area contributed by atoms with Crippen molar-refractivity contribution in [2.24, 2.45) is 11.8 Å². The quantitative estimate of drug-likeness (QED) is 0.0898. The van der Waals surface area contributed by atoms with Crippen molar-refractivity contribution < 1.29 is 34.4 Å². The van der Waals surface area contributed by atoms with E-state index < -0.39 is 0 Å². The van der Waals surface area contributed by atoms with E-state index in [1.807, 2.05) is 58.2 Å². The Balaban J connectivity index is 0.000000269. The van der Waals surface area contributed by atoms with E-state index >= 15 is 0 Å². The number of hydrogen-bond acceptors (Lipinski definition) is 4. The van der Waals surface area contributed by atoms with Crippen LogP contribution >= 0.6 is 0 Å². The third-order valence-electron chi connectivity index (χ3n) is 9.27. The zero-order chi connectivity index (χ0) is 32.8. The van der Waals surface area contributed by atoms with Crippen LogP contribution in [0.15, 0.2) is 101 Å². The summed E-state index contributed by atoms with van der Waals surface area (Å²) < 4.78 is 6.11. The molecule has 1 N–H and O–H groups in total. The Labute approximate surface area is 292 Å². The van der Waals surface area contributed by atoms with Gasteiger partial charge in [0.15, 0.2) is 5.78 Å². The summed E-state index contributed by atoms with van der Waals surface area (Å²) in [6.07, 6.45) is 6.75. The Hall–Kier alpha value is -4.05. The van der Waals surface area contributed by atoms with Crippen LogP contribution in [0.3, 0.4) is 0 Å². The van der Waals surface area contributed by atoms with Gasteiger partial charge < -0.3 is 14.5 Å². The molecule has 0 atom stereocenters. The first-order valence-corrected chi connectivity index (χ1v) is 16.5. The fourth-order valence-electron chi connectivity index (χ4n) is 6.46. The van der Waals surface area contributed by atoms with E-state index in [9.17, 15) is 9.90 Å². The number of fused-ring (bicyclic) bond motifs is 5. The molecule has 4 aromatic carbocycles. The number of hydrogen-bond donors (Lipinski definition) is 1. The van der Waals surface area contributed by atoms with Gasteiger partial charge in [-0.25, -0.2) is 0 Å². The van der Waals surface area contributed by atoms with Crippen LogP contribution in [0.2, 0.25) is 0 Å². The smallest absolute Gasteiger partial charge is 0.162 e. The van der Waals surface area contributed by atoms with Gasteiger partial charge in [0.1, 0.15) is 11.2 Å². The Morgan fingerprint density at radius 3 is 2.19 bits per heavy atom. The summed E-state index contributed by atoms with van der Waals surface area (Å²) in [5, 5.41) is 14.5. The Kier molecular flexibility index (Phi) is 12.3. The monoisotopic (exact) mass is 803 g/mol. The van der Waals surface area contributed by atoms with Crippen molar-refractivity contribution in [2.75, 3.05) is 0 Å². The fourth-order valence-corrected chi connectivity index (χ4v) is 6.46. The molecule has 0 fully saturated rings. The maximum absolute atomic E-state index is 11.7. The summed E-state index contributed by atoms with van der Waals surface area (Å²) in [5.74, 6) is 0.547. The van der Waals surface area contributed by atoms with Gasteiger partial charge in [-0.15, -0.1) is 29.3 Å². The van der Waals surface area contributed by atoms with E-state index in [1.54, 1.807) is 0 Å². The molecule has 0 spiro atoms. The number of aliphatic hydroxyl groups is 1. The van der Waals surface area contributed by atoms with Crippen LogP contribution in [0.5, 0.6) is 0 Å². The van der Waals surface area contributed by atoms with Gasteiger partial charge >= 0.3 is 0 Å². The second-order valence-electron chi connectivity index (χ2n) is 12.0. The molecule has 245 valence electrons. The van der Waals surface area contributed by atoms with Crippen LogP contribution in [0.4, 0.5) is 0 Å². The number of aryl methyl sites for hydroxylation is 1. The van der Waals surface area contributed by atoms with E-state index in [0.29, 0.717) is 0 Å². The zero-order valence-corrected chi connectivity index (χ0v) is 30.6. The molecular weight excluding hydrogens is 759 g/mol. The van der Waals surface area contributed by atoms with Crippen LogP contribution in [0.25, 0.3) is 55.1 Å². The number of carbonyl (C=O) groups excluding carboxylic acids is 1. The average molecular weight is 803 g/mol. The first-order valence-electron chi connectivity index (χ1n) is 16.5. The number of furan rings is 1. The number of aromatic nitrogens is 1. The molecule has 0 aliphatic carbocycles. The second kappa shape index (κ2) is 16.2. The molecule has 2 aromatic heterocycles. The Morgan fingerprint density at radius 1 is 0.787 bits per heavy atom. The van der Waals surface area contributed by atoms with Gasteiger partial charge in [0.05, 0.1) is 5.76 Å². The number of rotatable bonds is 9. The van der Waals surface area contributed by atoms with Gasteiger partial charge in [-0.1, -0.05) is 94.3 Å². The fraction of sp³-hybridized carbons (Fsp3) is 0.286. The predicted molar refractivity (Wildman–Crippen MR) is 192 cm³/mol. The molecule has 0 aliphatic heterocycles. The van der Waals surface area contributed by atoms with Gasteiger partial charge in [0, 0.05) is 55.0 Å². The molecule has 4 nitrogen and oxygen atoms in total. The molecule has 1 radical (unpaired) electrons. The summed E-state index contributed by atoms with van der Waals surface area (Å²) in [6.45, 7) is 12.3. The van der Waals surface area contributed by atoms with Gasteiger partial charge in [0.2, 0.25) is 0 Å². The minimum Gasteiger partial charge on any atom is -0.512 e. The molecule has 5 heteroatoms. The van der Waals surface area contributed by atoms with Crippen molar-refractivity contribution in [1.29, 1.82) is 0 Å². The third-order valence-corrected chi connectivity index (χ3v) is 9.27. The van der Waals surface area contributed by atoms with Crippen molar-refractivity contribution in [3.63, 3.8) is 0 Å². The number of aliphatic hydroxyl groups excluding tert-OH is 1. The van der Waals surface area contributed by atoms with Gasteiger partial charge in [0.25, 0.3) is 0 Å². The zero-order valence-electron chi connectivity index (χ0n) is 28.2. The number of carbonyl (C=O) groups is 1. The summed E-state index contributed by atoms with van der Waals surface area (Å²) in [5.41, 5.74) is 8.66. The number of benzene rings is 4. The predicted octanol–water partition coefficient (Wildman–Crippen LogP) is 11.8. The van der Waals surface area contributed by atoms with E-state index in [0.717, 1.165) is 59.1 Å². The van der Waals surface area contributed by atoms with Crippen molar-refractivity contribution in [2.45, 2.75) is 67.2 Å². The van der Waals surface area contributed by atoms with Crippen LogP contribution in [0, 0.1) is 31.7 Å². The molecule has 0 saturated heterocycles. The van der Waals surface area contributed by atoms with Gasteiger partial charge in [-0.2, -0.15) is 0 Å².